The number of hydrogen-bond acceptors (Lipinski definition) is 15. The lowest BCUT2D eigenvalue weighted by Crippen LogP contribution is -2.76. The van der Waals surface area contributed by atoms with E-state index in [2.05, 4.69) is 5.32 Å². The maximum Gasteiger partial charge on any atom is 0.263 e. The first-order valence-electron chi connectivity index (χ1n) is 30.6. The van der Waals surface area contributed by atoms with E-state index >= 15 is 4.79 Å². The van der Waals surface area contributed by atoms with Gasteiger partial charge in [0.05, 0.1) is 70.6 Å². The molecule has 6 fully saturated rings. The molecule has 16 heteroatoms. The molecule has 6 aliphatic heterocycles. The standard InChI is InChI=1S/C72H79NO14S/c1-48-60(75-41-50-26-12-5-13-27-50)64(77-43-52-30-16-7-17-31-52)66(79-45-54-34-20-9-21-35-54)68(82-48)84-57-40-72(88-56-38-24-11-25-39-56)70(74)73-59(57)63(87-72)62(58-47-81-71(3,4)86-58)85-69-67(80-46-55-36-22-10-23-37-55)65(78-44-53-32-18-8-19-33-53)61(49(2)83-69)76-42-51-28-14-6-15-29-51/h5-39,48-49,57-69H,40-47H2,1-4H3,(H,73,74)/t48-,49-,57?,58+,59?,60+,61+,62+,63?,64+,65+,66-,67-,68?,69?,72?/m0/s1. The number of ether oxygens (including phenoxy) is 13. The average molecular weight is 1210 g/mol. The highest BCUT2D eigenvalue weighted by Crippen LogP contribution is 2.50. The van der Waals surface area contributed by atoms with Gasteiger partial charge in [0.25, 0.3) is 5.91 Å². The summed E-state index contributed by atoms with van der Waals surface area (Å²) in [4.78, 5) is 14.3. The summed E-state index contributed by atoms with van der Waals surface area (Å²) in [5.41, 5.74) is 5.85. The van der Waals surface area contributed by atoms with Gasteiger partial charge in [0.15, 0.2) is 23.3 Å². The van der Waals surface area contributed by atoms with E-state index in [-0.39, 0.29) is 45.4 Å². The number of benzene rings is 7. The molecule has 0 spiro atoms. The van der Waals surface area contributed by atoms with E-state index in [0.717, 1.165) is 38.3 Å². The minimum atomic E-state index is -1.56. The summed E-state index contributed by atoms with van der Waals surface area (Å²) in [5, 5.41) is 3.42. The molecule has 1 amide bonds. The summed E-state index contributed by atoms with van der Waals surface area (Å²) in [5.74, 6) is -1.32. The van der Waals surface area contributed by atoms with E-state index < -0.39 is 103 Å². The van der Waals surface area contributed by atoms with Crippen molar-refractivity contribution in [2.24, 2.45) is 0 Å². The highest BCUT2D eigenvalue weighted by molar-refractivity contribution is 8.01. The Morgan fingerprint density at radius 3 is 1.24 bits per heavy atom. The normalized spacial score (nSPS) is 30.4. The fourth-order valence-electron chi connectivity index (χ4n) is 12.3. The van der Waals surface area contributed by atoms with E-state index in [0.29, 0.717) is 13.2 Å². The maximum absolute atomic E-state index is 15.1. The van der Waals surface area contributed by atoms with E-state index in [1.54, 1.807) is 0 Å². The van der Waals surface area contributed by atoms with Crippen LogP contribution in [0.4, 0.5) is 0 Å². The number of morpholine rings is 1. The van der Waals surface area contributed by atoms with Gasteiger partial charge in [-0.3, -0.25) is 4.79 Å². The Hall–Kier alpha value is -6.16. The van der Waals surface area contributed by atoms with Crippen LogP contribution in [0.3, 0.4) is 0 Å². The molecule has 0 aromatic heterocycles. The van der Waals surface area contributed by atoms with Crippen molar-refractivity contribution in [1.82, 2.24) is 5.32 Å². The van der Waals surface area contributed by atoms with Gasteiger partial charge < -0.3 is 66.9 Å². The van der Waals surface area contributed by atoms with Gasteiger partial charge in [-0.05, 0) is 73.2 Å². The van der Waals surface area contributed by atoms with Crippen LogP contribution in [0.5, 0.6) is 0 Å². The minimum absolute atomic E-state index is 0.124. The average Bonchev–Trinajstić information content (AvgIpc) is 0.927. The molecular formula is C72H79NO14S. The number of piperidine rings is 1. The number of fused-ring (bicyclic) bond motifs is 3. The van der Waals surface area contributed by atoms with Crippen molar-refractivity contribution < 1.29 is 66.4 Å². The van der Waals surface area contributed by atoms with Crippen LogP contribution < -0.4 is 5.32 Å². The van der Waals surface area contributed by atoms with Gasteiger partial charge in [0.1, 0.15) is 54.9 Å². The number of nitrogens with one attached hydrogen (secondary N) is 1. The lowest BCUT2D eigenvalue weighted by molar-refractivity contribution is -0.355. The molecule has 0 saturated carbocycles. The second-order valence-corrected chi connectivity index (χ2v) is 24.9. The first-order valence-corrected chi connectivity index (χ1v) is 31.4. The van der Waals surface area contributed by atoms with Crippen LogP contribution in [0, 0.1) is 0 Å². The topological polar surface area (TPSA) is 149 Å². The van der Waals surface area contributed by atoms with Crippen LogP contribution >= 0.6 is 11.8 Å². The first-order chi connectivity index (χ1) is 43.0. The highest BCUT2D eigenvalue weighted by Gasteiger charge is 2.64. The molecule has 2 bridgehead atoms. The van der Waals surface area contributed by atoms with Gasteiger partial charge in [-0.15, -0.1) is 0 Å². The molecule has 7 aromatic carbocycles. The highest BCUT2D eigenvalue weighted by atomic mass is 32.2. The number of amides is 1. The zero-order valence-electron chi connectivity index (χ0n) is 50.1. The van der Waals surface area contributed by atoms with Crippen LogP contribution in [-0.2, 0) is 106 Å². The monoisotopic (exact) mass is 1210 g/mol. The molecule has 6 heterocycles. The smallest absolute Gasteiger partial charge is 0.263 e. The molecule has 462 valence electrons. The Bertz CT molecular complexity index is 3240. The van der Waals surface area contributed by atoms with Crippen molar-refractivity contribution in [2.75, 3.05) is 6.61 Å². The van der Waals surface area contributed by atoms with Crippen molar-refractivity contribution >= 4 is 17.7 Å². The van der Waals surface area contributed by atoms with Gasteiger partial charge in [0.2, 0.25) is 0 Å². The summed E-state index contributed by atoms with van der Waals surface area (Å²) < 4.78 is 91.8. The van der Waals surface area contributed by atoms with Crippen molar-refractivity contribution in [3.63, 3.8) is 0 Å². The molecule has 0 aliphatic carbocycles. The fraction of sp³-hybridized carbons (Fsp3) is 0.403. The quantitative estimate of drug-likeness (QED) is 0.0548. The molecule has 7 aromatic rings. The van der Waals surface area contributed by atoms with Crippen LogP contribution in [0.2, 0.25) is 0 Å². The number of carbonyl (C=O) groups excluding carboxylic acids is 1. The Balaban J connectivity index is 0.912. The maximum atomic E-state index is 15.1. The summed E-state index contributed by atoms with van der Waals surface area (Å²) in [7, 11) is 0. The molecule has 13 rings (SSSR count). The lowest BCUT2D eigenvalue weighted by Gasteiger charge is -2.56. The minimum Gasteiger partial charge on any atom is -0.368 e. The van der Waals surface area contributed by atoms with Crippen LogP contribution in [0.25, 0.3) is 0 Å². The Morgan fingerprint density at radius 1 is 0.477 bits per heavy atom. The summed E-state index contributed by atoms with van der Waals surface area (Å²) in [6.07, 6.45) is -11.0. The number of carbonyl (C=O) groups is 1. The fourth-order valence-corrected chi connectivity index (χ4v) is 13.5. The SMILES string of the molecule is C[C@@H]1OC(OC2CC3(Sc4ccccc4)OC([C@H](OC4O[C@@H](C)[C@@H](OCc5ccccc5)[C@@H](OCc5ccccc5)[C@@H]4OCc4ccccc4)[C@H]4COC(C)(C)O4)C2NC3=O)[C@@H](OCc2ccccc2)[C@H](OCc2ccccc2)[C@@H]1OCc1ccccc1. The lowest BCUT2D eigenvalue weighted by atomic mass is 9.85. The zero-order valence-corrected chi connectivity index (χ0v) is 51.0. The van der Waals surface area contributed by atoms with Crippen molar-refractivity contribution in [1.29, 1.82) is 0 Å². The van der Waals surface area contributed by atoms with E-state index in [1.807, 2.05) is 240 Å². The van der Waals surface area contributed by atoms with Crippen molar-refractivity contribution in [2.45, 2.75) is 181 Å². The molecule has 0 radical (unpaired) electrons. The summed E-state index contributed by atoms with van der Waals surface area (Å²) in [6, 6.07) is 69.0. The Morgan fingerprint density at radius 2 is 0.841 bits per heavy atom. The second kappa shape index (κ2) is 29.2. The molecule has 15 nitrogen and oxygen atoms in total. The second-order valence-electron chi connectivity index (χ2n) is 23.6. The number of rotatable bonds is 26. The van der Waals surface area contributed by atoms with Crippen LogP contribution in [0.1, 0.15) is 67.5 Å². The summed E-state index contributed by atoms with van der Waals surface area (Å²) in [6.45, 7) is 9.37. The van der Waals surface area contributed by atoms with Gasteiger partial charge in [-0.1, -0.05) is 212 Å². The van der Waals surface area contributed by atoms with Gasteiger partial charge >= 0.3 is 0 Å². The van der Waals surface area contributed by atoms with Gasteiger partial charge in [0, 0.05) is 11.3 Å². The molecule has 16 atom stereocenters. The third-order valence-electron chi connectivity index (χ3n) is 16.7. The largest absolute Gasteiger partial charge is 0.368 e. The van der Waals surface area contributed by atoms with E-state index in [9.17, 15) is 0 Å². The molecule has 1 N–H and O–H groups in total. The predicted octanol–water partition coefficient (Wildman–Crippen LogP) is 11.7. The van der Waals surface area contributed by atoms with Gasteiger partial charge in [-0.25, -0.2) is 0 Å². The van der Waals surface area contributed by atoms with Crippen LogP contribution in [-0.4, -0.2) is 115 Å². The Labute approximate surface area is 520 Å². The first kappa shape index (κ1) is 62.1. The summed E-state index contributed by atoms with van der Waals surface area (Å²) >= 11 is 1.32. The van der Waals surface area contributed by atoms with Crippen LogP contribution in [0.15, 0.2) is 217 Å². The molecule has 6 unspecified atom stereocenters. The van der Waals surface area contributed by atoms with Crippen molar-refractivity contribution in [3.8, 4) is 0 Å². The Kier molecular flexibility index (Phi) is 20.6. The van der Waals surface area contributed by atoms with E-state index in [4.69, 9.17) is 61.6 Å². The number of hydrogen-bond donors (Lipinski definition) is 1. The molecule has 88 heavy (non-hydrogen) atoms. The third kappa shape index (κ3) is 15.3. The van der Waals surface area contributed by atoms with Crippen molar-refractivity contribution in [3.05, 3.63) is 246 Å². The number of thioether (sulfide) groups is 1. The third-order valence-corrected chi connectivity index (χ3v) is 18.0. The van der Waals surface area contributed by atoms with Gasteiger partial charge in [-0.2, -0.15) is 0 Å². The van der Waals surface area contributed by atoms with E-state index in [1.165, 1.54) is 11.8 Å². The zero-order chi connectivity index (χ0) is 60.3. The molecule has 6 aliphatic rings. The predicted molar refractivity (Wildman–Crippen MR) is 330 cm³/mol. The molecular weight excluding hydrogens is 1130 g/mol. The molecule has 6 saturated heterocycles.